The van der Waals surface area contributed by atoms with E-state index >= 15 is 0 Å². The number of carbonyl (C=O) groups is 2. The van der Waals surface area contributed by atoms with E-state index in [9.17, 15) is 14.7 Å². The molecule has 0 unspecified atom stereocenters. The number of phenolic OH excluding ortho intramolecular Hbond substituents is 1. The van der Waals surface area contributed by atoms with Crippen molar-refractivity contribution in [1.29, 1.82) is 0 Å². The molecule has 0 bridgehead atoms. The second-order valence-electron chi connectivity index (χ2n) is 8.03. The van der Waals surface area contributed by atoms with Gasteiger partial charge in [0.15, 0.2) is 5.16 Å². The summed E-state index contributed by atoms with van der Waals surface area (Å²) in [6, 6.07) is 16.7. The summed E-state index contributed by atoms with van der Waals surface area (Å²) < 4.78 is 2.20. The van der Waals surface area contributed by atoms with E-state index in [0.717, 1.165) is 23.8 Å². The van der Waals surface area contributed by atoms with Gasteiger partial charge in [0.2, 0.25) is 5.91 Å². The van der Waals surface area contributed by atoms with Gasteiger partial charge in [-0.05, 0) is 30.5 Å². The minimum atomic E-state index is -0.582. The summed E-state index contributed by atoms with van der Waals surface area (Å²) in [5.74, 6) is -0.111. The number of aromatic hydroxyl groups is 1. The van der Waals surface area contributed by atoms with Crippen LogP contribution in [0.1, 0.15) is 59.9 Å². The molecule has 2 amide bonds. The highest BCUT2D eigenvalue weighted by atomic mass is 32.2. The Hall–Kier alpha value is -3.33. The minimum absolute atomic E-state index is 0.0806. The van der Waals surface area contributed by atoms with Crippen LogP contribution < -0.4 is 10.9 Å². The van der Waals surface area contributed by atoms with Gasteiger partial charge in [0, 0.05) is 12.5 Å². The number of phenols is 1. The first-order valence-corrected chi connectivity index (χ1v) is 12.1. The Balaban J connectivity index is 1.40. The van der Waals surface area contributed by atoms with Crippen LogP contribution in [0.5, 0.6) is 5.75 Å². The highest BCUT2D eigenvalue weighted by molar-refractivity contribution is 7.99. The molecular formula is C24H27N5O3S. The van der Waals surface area contributed by atoms with Crippen LogP contribution in [0.3, 0.4) is 0 Å². The zero-order valence-electron chi connectivity index (χ0n) is 18.2. The summed E-state index contributed by atoms with van der Waals surface area (Å²) in [6.07, 6.45) is 6.45. The van der Waals surface area contributed by atoms with Crippen LogP contribution in [0.2, 0.25) is 0 Å². The molecule has 0 radical (unpaired) electrons. The fourth-order valence-corrected chi connectivity index (χ4v) is 4.86. The molecule has 1 heterocycles. The van der Waals surface area contributed by atoms with Crippen molar-refractivity contribution >= 4 is 23.6 Å². The molecule has 1 aliphatic rings. The Bertz CT molecular complexity index is 1100. The van der Waals surface area contributed by atoms with Gasteiger partial charge in [-0.15, -0.1) is 10.2 Å². The number of para-hydroxylation sites is 1. The van der Waals surface area contributed by atoms with Gasteiger partial charge in [-0.25, -0.2) is 0 Å². The molecule has 0 atom stereocenters. The highest BCUT2D eigenvalue weighted by Gasteiger charge is 2.23. The summed E-state index contributed by atoms with van der Waals surface area (Å²) in [6.45, 7) is 0. The maximum Gasteiger partial charge on any atom is 0.273 e. The summed E-state index contributed by atoms with van der Waals surface area (Å²) >= 11 is 1.31. The smallest absolute Gasteiger partial charge is 0.273 e. The minimum Gasteiger partial charge on any atom is -0.507 e. The number of thioether (sulfide) groups is 1. The molecule has 172 valence electrons. The molecule has 1 saturated carbocycles. The molecule has 2 aromatic carbocycles. The van der Waals surface area contributed by atoms with Crippen molar-refractivity contribution in [3.8, 4) is 5.75 Å². The van der Waals surface area contributed by atoms with E-state index in [-0.39, 0.29) is 23.0 Å². The van der Waals surface area contributed by atoms with E-state index < -0.39 is 5.91 Å². The van der Waals surface area contributed by atoms with Crippen LogP contribution in [0.15, 0.2) is 59.8 Å². The molecule has 0 aliphatic heterocycles. The second-order valence-corrected chi connectivity index (χ2v) is 8.97. The molecule has 4 rings (SSSR count). The van der Waals surface area contributed by atoms with Gasteiger partial charge in [0.25, 0.3) is 5.91 Å². The summed E-state index contributed by atoms with van der Waals surface area (Å²) in [5, 5.41) is 19.3. The summed E-state index contributed by atoms with van der Waals surface area (Å²) in [5.41, 5.74) is 5.99. The molecule has 3 N–H and O–H groups in total. The van der Waals surface area contributed by atoms with Crippen LogP contribution in [-0.4, -0.2) is 37.4 Å². The predicted molar refractivity (Wildman–Crippen MR) is 126 cm³/mol. The Morgan fingerprint density at radius 3 is 2.45 bits per heavy atom. The quantitative estimate of drug-likeness (QED) is 0.363. The van der Waals surface area contributed by atoms with Crippen LogP contribution in [0, 0.1) is 0 Å². The Labute approximate surface area is 196 Å². The number of benzene rings is 2. The van der Waals surface area contributed by atoms with Crippen molar-refractivity contribution in [2.24, 2.45) is 0 Å². The maximum atomic E-state index is 12.4. The van der Waals surface area contributed by atoms with Crippen molar-refractivity contribution in [1.82, 2.24) is 25.6 Å². The zero-order valence-corrected chi connectivity index (χ0v) is 19.1. The zero-order chi connectivity index (χ0) is 23.0. The van der Waals surface area contributed by atoms with Crippen molar-refractivity contribution in [2.75, 3.05) is 5.75 Å². The number of hydrazine groups is 1. The topological polar surface area (TPSA) is 109 Å². The number of nitrogens with one attached hydrogen (secondary N) is 2. The Morgan fingerprint density at radius 1 is 0.970 bits per heavy atom. The van der Waals surface area contributed by atoms with Gasteiger partial charge in [-0.2, -0.15) is 0 Å². The first kappa shape index (κ1) is 22.8. The average molecular weight is 466 g/mol. The molecular weight excluding hydrogens is 438 g/mol. The third kappa shape index (κ3) is 5.92. The summed E-state index contributed by atoms with van der Waals surface area (Å²) in [7, 11) is 0. The van der Waals surface area contributed by atoms with Crippen molar-refractivity contribution in [3.63, 3.8) is 0 Å². The third-order valence-corrected chi connectivity index (χ3v) is 6.62. The van der Waals surface area contributed by atoms with E-state index in [4.69, 9.17) is 0 Å². The van der Waals surface area contributed by atoms with Crippen molar-refractivity contribution in [3.05, 3.63) is 71.5 Å². The van der Waals surface area contributed by atoms with Gasteiger partial charge >= 0.3 is 0 Å². The number of rotatable bonds is 7. The molecule has 1 aliphatic carbocycles. The number of aromatic nitrogens is 3. The van der Waals surface area contributed by atoms with Crippen LogP contribution in [0.25, 0.3) is 0 Å². The molecule has 8 nitrogen and oxygen atoms in total. The first-order chi connectivity index (χ1) is 16.1. The van der Waals surface area contributed by atoms with Crippen LogP contribution >= 0.6 is 11.8 Å². The number of hydrogen-bond donors (Lipinski definition) is 3. The Kier molecular flexibility index (Phi) is 7.62. The van der Waals surface area contributed by atoms with Crippen LogP contribution in [-0.2, 0) is 11.2 Å². The lowest BCUT2D eigenvalue weighted by atomic mass is 9.95. The van der Waals surface area contributed by atoms with E-state index in [1.54, 1.807) is 12.1 Å². The van der Waals surface area contributed by atoms with E-state index in [0.29, 0.717) is 12.5 Å². The number of hydrogen-bond acceptors (Lipinski definition) is 6. The number of amides is 2. The number of carbonyl (C=O) groups excluding carboxylic acids is 2. The molecule has 0 saturated heterocycles. The van der Waals surface area contributed by atoms with Crippen molar-refractivity contribution < 1.29 is 14.7 Å². The Morgan fingerprint density at radius 2 is 1.70 bits per heavy atom. The van der Waals surface area contributed by atoms with E-state index in [1.807, 2.05) is 18.2 Å². The van der Waals surface area contributed by atoms with Gasteiger partial charge in [-0.3, -0.25) is 20.4 Å². The molecule has 3 aromatic rings. The summed E-state index contributed by atoms with van der Waals surface area (Å²) in [4.78, 5) is 24.5. The third-order valence-electron chi connectivity index (χ3n) is 5.68. The predicted octanol–water partition coefficient (Wildman–Crippen LogP) is 3.63. The van der Waals surface area contributed by atoms with E-state index in [2.05, 4.69) is 37.7 Å². The molecule has 1 fully saturated rings. The monoisotopic (exact) mass is 465 g/mol. The fraction of sp³-hybridized carbons (Fsp3) is 0.333. The average Bonchev–Trinajstić information content (AvgIpc) is 3.25. The van der Waals surface area contributed by atoms with E-state index in [1.165, 1.54) is 48.7 Å². The highest BCUT2D eigenvalue weighted by Crippen LogP contribution is 2.33. The van der Waals surface area contributed by atoms with Gasteiger partial charge in [0.1, 0.15) is 11.6 Å². The normalized spacial score (nSPS) is 14.1. The molecule has 9 heteroatoms. The van der Waals surface area contributed by atoms with Gasteiger partial charge in [0.05, 0.1) is 11.3 Å². The lowest BCUT2D eigenvalue weighted by molar-refractivity contribution is -0.119. The van der Waals surface area contributed by atoms with Gasteiger partial charge in [-0.1, -0.05) is 73.5 Å². The largest absolute Gasteiger partial charge is 0.507 e. The first-order valence-electron chi connectivity index (χ1n) is 11.1. The fourth-order valence-electron chi connectivity index (χ4n) is 4.04. The SMILES string of the molecule is O=C(CSc1nnc(Cc2ccccc2)n1C1CCCCC1)NNC(=O)c1ccccc1O. The molecule has 0 spiro atoms. The maximum absolute atomic E-state index is 12.4. The van der Waals surface area contributed by atoms with Crippen LogP contribution in [0.4, 0.5) is 0 Å². The number of nitrogens with zero attached hydrogens (tertiary/aromatic N) is 3. The molecule has 1 aromatic heterocycles. The lowest BCUT2D eigenvalue weighted by Gasteiger charge is -2.25. The molecule has 33 heavy (non-hydrogen) atoms. The standard InChI is InChI=1S/C24H27N5O3S/c30-20-14-8-7-13-19(20)23(32)27-26-22(31)16-33-24-28-25-21(15-17-9-3-1-4-10-17)29(24)18-11-5-2-6-12-18/h1,3-4,7-10,13-14,18,30H,2,5-6,11-12,15-16H2,(H,26,31)(H,27,32). The lowest BCUT2D eigenvalue weighted by Crippen LogP contribution is -2.42. The second kappa shape index (κ2) is 11.0. The van der Waals surface area contributed by atoms with Gasteiger partial charge < -0.3 is 9.67 Å². The van der Waals surface area contributed by atoms with Crippen molar-refractivity contribution in [2.45, 2.75) is 49.7 Å².